The molecule has 1 aliphatic heterocycles. The lowest BCUT2D eigenvalue weighted by Gasteiger charge is -2.32. The Balaban J connectivity index is 1.75. The maximum absolute atomic E-state index is 11.7. The van der Waals surface area contributed by atoms with E-state index in [9.17, 15) is 4.79 Å². The predicted molar refractivity (Wildman–Crippen MR) is 107 cm³/mol. The van der Waals surface area contributed by atoms with Crippen LogP contribution in [0.15, 0.2) is 24.3 Å². The molecule has 1 aliphatic rings. The summed E-state index contributed by atoms with van der Waals surface area (Å²) in [5, 5.41) is 9.33. The molecule has 3 heterocycles. The van der Waals surface area contributed by atoms with Crippen LogP contribution in [0, 0.1) is 5.92 Å². The quantitative estimate of drug-likeness (QED) is 0.705. The third-order valence-corrected chi connectivity index (χ3v) is 5.48. The molecular weight excluding hydrogens is 378 g/mol. The fourth-order valence-electron chi connectivity index (χ4n) is 3.56. The van der Waals surface area contributed by atoms with E-state index in [1.807, 2.05) is 31.2 Å². The van der Waals surface area contributed by atoms with Crippen molar-refractivity contribution in [2.75, 3.05) is 18.0 Å². The Morgan fingerprint density at radius 3 is 2.89 bits per heavy atom. The second-order valence-corrected chi connectivity index (χ2v) is 7.42. The maximum Gasteiger partial charge on any atom is 0.222 e. The van der Waals surface area contributed by atoms with Crippen molar-refractivity contribution in [3.63, 3.8) is 0 Å². The number of nitrogens with two attached hydrogens (primary N) is 1. The molecule has 3 aromatic rings. The second kappa shape index (κ2) is 7.71. The Hall–Kier alpha value is -2.74. The molecule has 1 aromatic carbocycles. The highest BCUT2D eigenvalue weighted by molar-refractivity contribution is 6.31. The molecule has 0 radical (unpaired) electrons. The van der Waals surface area contributed by atoms with Crippen LogP contribution in [0.25, 0.3) is 11.2 Å². The summed E-state index contributed by atoms with van der Waals surface area (Å²) < 4.78 is 1.75. The van der Waals surface area contributed by atoms with Crippen LogP contribution in [0.2, 0.25) is 5.02 Å². The number of anilines is 1. The van der Waals surface area contributed by atoms with E-state index in [0.29, 0.717) is 41.5 Å². The number of hydrogen-bond acceptors (Lipinski definition) is 6. The monoisotopic (exact) mass is 399 g/mol. The van der Waals surface area contributed by atoms with Gasteiger partial charge in [0, 0.05) is 24.5 Å². The number of primary amides is 1. The van der Waals surface area contributed by atoms with Crippen LogP contribution in [-0.2, 0) is 17.8 Å². The smallest absolute Gasteiger partial charge is 0.222 e. The van der Waals surface area contributed by atoms with Crippen LogP contribution in [-0.4, -0.2) is 44.0 Å². The zero-order valence-corrected chi connectivity index (χ0v) is 16.4. The van der Waals surface area contributed by atoms with Gasteiger partial charge in [0.25, 0.3) is 0 Å². The van der Waals surface area contributed by atoms with Crippen molar-refractivity contribution in [2.24, 2.45) is 11.7 Å². The van der Waals surface area contributed by atoms with Gasteiger partial charge in [0.1, 0.15) is 5.82 Å². The van der Waals surface area contributed by atoms with Crippen molar-refractivity contribution in [1.82, 2.24) is 25.0 Å². The Bertz CT molecular complexity index is 1020. The molecule has 1 saturated heterocycles. The van der Waals surface area contributed by atoms with Crippen molar-refractivity contribution in [1.29, 1.82) is 0 Å². The van der Waals surface area contributed by atoms with Crippen molar-refractivity contribution in [2.45, 2.75) is 32.7 Å². The standard InChI is InChI=1S/C19H22ClN7O/c1-2-15-22-18(26-9-5-7-13(10-26)17(21)28)16-19(23-15)27(25-24-16)11-12-6-3-4-8-14(12)20/h3-4,6,8,13H,2,5,7,9-11H2,1H3,(H2,21,28). The van der Waals surface area contributed by atoms with E-state index in [-0.39, 0.29) is 11.8 Å². The van der Waals surface area contributed by atoms with E-state index in [1.54, 1.807) is 4.68 Å². The van der Waals surface area contributed by atoms with Gasteiger partial charge in [-0.3, -0.25) is 4.79 Å². The molecule has 0 bridgehead atoms. The van der Waals surface area contributed by atoms with Crippen LogP contribution >= 0.6 is 11.6 Å². The number of aryl methyl sites for hydroxylation is 1. The van der Waals surface area contributed by atoms with Gasteiger partial charge in [-0.05, 0) is 24.5 Å². The summed E-state index contributed by atoms with van der Waals surface area (Å²) in [7, 11) is 0. The van der Waals surface area contributed by atoms with Gasteiger partial charge in [-0.2, -0.15) is 0 Å². The number of piperidine rings is 1. The molecule has 1 amide bonds. The number of carbonyl (C=O) groups excluding carboxylic acids is 1. The molecule has 8 nitrogen and oxygen atoms in total. The lowest BCUT2D eigenvalue weighted by molar-refractivity contribution is -0.122. The number of nitrogens with zero attached hydrogens (tertiary/aromatic N) is 6. The Labute approximate surface area is 167 Å². The van der Waals surface area contributed by atoms with Crippen molar-refractivity contribution >= 4 is 34.5 Å². The minimum atomic E-state index is -0.270. The second-order valence-electron chi connectivity index (χ2n) is 7.02. The van der Waals surface area contributed by atoms with Gasteiger partial charge in [-0.1, -0.05) is 41.9 Å². The van der Waals surface area contributed by atoms with Gasteiger partial charge < -0.3 is 10.6 Å². The van der Waals surface area contributed by atoms with Gasteiger partial charge in [0.2, 0.25) is 5.91 Å². The lowest BCUT2D eigenvalue weighted by atomic mass is 9.97. The molecule has 0 spiro atoms. The first kappa shape index (κ1) is 18.6. The number of hydrogen-bond donors (Lipinski definition) is 1. The predicted octanol–water partition coefficient (Wildman–Crippen LogP) is 2.19. The number of carbonyl (C=O) groups is 1. The van der Waals surface area contributed by atoms with E-state index in [2.05, 4.69) is 20.2 Å². The molecular formula is C19H22ClN7O. The molecule has 0 aliphatic carbocycles. The van der Waals surface area contributed by atoms with E-state index < -0.39 is 0 Å². The molecule has 1 atom stereocenters. The van der Waals surface area contributed by atoms with Gasteiger partial charge in [0.05, 0.1) is 12.5 Å². The Morgan fingerprint density at radius 2 is 2.14 bits per heavy atom. The molecule has 9 heteroatoms. The average molecular weight is 400 g/mol. The summed E-state index contributed by atoms with van der Waals surface area (Å²) >= 11 is 6.30. The minimum absolute atomic E-state index is 0.179. The van der Waals surface area contributed by atoms with Crippen LogP contribution in [0.1, 0.15) is 31.2 Å². The highest BCUT2D eigenvalue weighted by atomic mass is 35.5. The third kappa shape index (κ3) is 3.52. The van der Waals surface area contributed by atoms with Crippen molar-refractivity contribution in [3.8, 4) is 0 Å². The fraction of sp³-hybridized carbons (Fsp3) is 0.421. The van der Waals surface area contributed by atoms with Crippen LogP contribution < -0.4 is 10.6 Å². The highest BCUT2D eigenvalue weighted by Gasteiger charge is 2.27. The number of fused-ring (bicyclic) bond motifs is 1. The summed E-state index contributed by atoms with van der Waals surface area (Å²) in [5.41, 5.74) is 7.79. The summed E-state index contributed by atoms with van der Waals surface area (Å²) in [4.78, 5) is 23.1. The molecule has 2 N–H and O–H groups in total. The Kier molecular flexibility index (Phi) is 5.13. The van der Waals surface area contributed by atoms with Crippen LogP contribution in [0.3, 0.4) is 0 Å². The molecule has 1 fully saturated rings. The molecule has 0 saturated carbocycles. The van der Waals surface area contributed by atoms with Gasteiger partial charge in [0.15, 0.2) is 17.0 Å². The first-order valence-electron chi connectivity index (χ1n) is 9.44. The average Bonchev–Trinajstić information content (AvgIpc) is 3.11. The summed E-state index contributed by atoms with van der Waals surface area (Å²) in [6.07, 6.45) is 2.38. The summed E-state index contributed by atoms with van der Waals surface area (Å²) in [6.45, 7) is 3.83. The SMILES string of the molecule is CCc1nc(N2CCCC(C(N)=O)C2)c2nnn(Cc3ccccc3Cl)c2n1. The fourth-order valence-corrected chi connectivity index (χ4v) is 3.76. The largest absolute Gasteiger partial charge is 0.369 e. The van der Waals surface area contributed by atoms with Gasteiger partial charge >= 0.3 is 0 Å². The normalized spacial score (nSPS) is 17.2. The molecule has 1 unspecified atom stereocenters. The summed E-state index contributed by atoms with van der Waals surface area (Å²) in [5.74, 6) is 0.986. The van der Waals surface area contributed by atoms with Crippen molar-refractivity contribution < 1.29 is 4.79 Å². The van der Waals surface area contributed by atoms with E-state index in [1.165, 1.54) is 0 Å². The molecule has 4 rings (SSSR count). The zero-order valence-electron chi connectivity index (χ0n) is 15.7. The van der Waals surface area contributed by atoms with Gasteiger partial charge in [-0.25, -0.2) is 14.6 Å². The number of amides is 1. The van der Waals surface area contributed by atoms with Crippen LogP contribution in [0.4, 0.5) is 5.82 Å². The minimum Gasteiger partial charge on any atom is -0.369 e. The van der Waals surface area contributed by atoms with Gasteiger partial charge in [-0.15, -0.1) is 5.10 Å². The lowest BCUT2D eigenvalue weighted by Crippen LogP contribution is -2.41. The molecule has 2 aromatic heterocycles. The number of rotatable bonds is 5. The molecule has 28 heavy (non-hydrogen) atoms. The first-order valence-corrected chi connectivity index (χ1v) is 9.82. The van der Waals surface area contributed by atoms with E-state index in [0.717, 1.165) is 30.8 Å². The number of benzene rings is 1. The van der Waals surface area contributed by atoms with E-state index >= 15 is 0 Å². The summed E-state index contributed by atoms with van der Waals surface area (Å²) in [6, 6.07) is 7.65. The van der Waals surface area contributed by atoms with Crippen molar-refractivity contribution in [3.05, 3.63) is 40.7 Å². The number of aromatic nitrogens is 5. The third-order valence-electron chi connectivity index (χ3n) is 5.11. The number of halogens is 1. The topological polar surface area (TPSA) is 103 Å². The molecule has 146 valence electrons. The first-order chi connectivity index (χ1) is 13.6. The Morgan fingerprint density at radius 1 is 1.32 bits per heavy atom. The van der Waals surface area contributed by atoms with E-state index in [4.69, 9.17) is 22.3 Å². The highest BCUT2D eigenvalue weighted by Crippen LogP contribution is 2.27. The van der Waals surface area contributed by atoms with Crippen LogP contribution in [0.5, 0.6) is 0 Å². The maximum atomic E-state index is 11.7. The zero-order chi connectivity index (χ0) is 19.7.